The molecular weight excluding hydrogens is 246 g/mol. The number of nitrogens with zero attached hydrogens (tertiary/aromatic N) is 1. The quantitative estimate of drug-likeness (QED) is 0.563. The van der Waals surface area contributed by atoms with Crippen molar-refractivity contribution < 1.29 is 19.5 Å². The second kappa shape index (κ2) is 7.77. The highest BCUT2D eigenvalue weighted by molar-refractivity contribution is 7.98. The predicted octanol–water partition coefficient (Wildman–Crippen LogP) is -0.681. The lowest BCUT2D eigenvalue weighted by Crippen LogP contribution is -2.48. The van der Waals surface area contributed by atoms with E-state index in [9.17, 15) is 14.4 Å². The van der Waals surface area contributed by atoms with E-state index in [1.54, 1.807) is 18.8 Å². The zero-order valence-electron chi connectivity index (χ0n) is 9.80. The van der Waals surface area contributed by atoms with Gasteiger partial charge in [-0.15, -0.1) is 0 Å². The topological polar surface area (TPSA) is 113 Å². The molecule has 8 heteroatoms. The Morgan fingerprint density at radius 1 is 1.47 bits per heavy atom. The minimum Gasteiger partial charge on any atom is -0.480 e. The Morgan fingerprint density at radius 2 is 2.06 bits per heavy atom. The lowest BCUT2D eigenvalue weighted by Gasteiger charge is -2.20. The first-order chi connectivity index (χ1) is 7.88. The maximum absolute atomic E-state index is 11.5. The molecule has 0 spiro atoms. The molecule has 0 saturated carbocycles. The van der Waals surface area contributed by atoms with Gasteiger partial charge in [-0.05, 0) is 6.26 Å². The monoisotopic (exact) mass is 263 g/mol. The van der Waals surface area contributed by atoms with E-state index in [1.165, 1.54) is 4.90 Å². The van der Waals surface area contributed by atoms with Crippen LogP contribution in [0.25, 0.3) is 0 Å². The first kappa shape index (κ1) is 15.6. The molecule has 0 aliphatic carbocycles. The zero-order chi connectivity index (χ0) is 13.4. The van der Waals surface area contributed by atoms with Gasteiger partial charge in [0.25, 0.3) is 0 Å². The van der Waals surface area contributed by atoms with Crippen molar-refractivity contribution in [2.75, 3.05) is 25.6 Å². The Labute approximate surface area is 104 Å². The summed E-state index contributed by atoms with van der Waals surface area (Å²) in [5, 5.41) is 11.0. The number of nitrogens with one attached hydrogen (secondary N) is 1. The second-order valence-electron chi connectivity index (χ2n) is 3.43. The smallest absolute Gasteiger partial charge is 0.326 e. The minimum absolute atomic E-state index is 0.419. The number of carboxylic acids is 1. The fraction of sp³-hybridized carbons (Fsp3) is 0.667. The molecule has 0 saturated heterocycles. The van der Waals surface area contributed by atoms with Crippen molar-refractivity contribution in [3.8, 4) is 0 Å². The molecule has 4 N–H and O–H groups in total. The summed E-state index contributed by atoms with van der Waals surface area (Å²) in [6, 6.07) is -1.82. The van der Waals surface area contributed by atoms with Crippen LogP contribution in [0.3, 0.4) is 0 Å². The normalized spacial score (nSPS) is 11.6. The van der Waals surface area contributed by atoms with E-state index >= 15 is 0 Å². The average molecular weight is 263 g/mol. The summed E-state index contributed by atoms with van der Waals surface area (Å²) >= 11 is 1.57. The van der Waals surface area contributed by atoms with Gasteiger partial charge in [0.2, 0.25) is 5.91 Å². The first-order valence-electron chi connectivity index (χ1n) is 4.90. The first-order valence-corrected chi connectivity index (χ1v) is 6.29. The average Bonchev–Trinajstić information content (AvgIpc) is 2.23. The van der Waals surface area contributed by atoms with Crippen LogP contribution in [0.15, 0.2) is 0 Å². The fourth-order valence-corrected chi connectivity index (χ4v) is 1.45. The molecular formula is C9H17N3O4S. The van der Waals surface area contributed by atoms with Gasteiger partial charge in [0, 0.05) is 19.3 Å². The summed E-state index contributed by atoms with van der Waals surface area (Å²) in [6.07, 6.45) is 1.48. The molecule has 3 amide bonds. The van der Waals surface area contributed by atoms with Crippen LogP contribution in [0.1, 0.15) is 6.42 Å². The second-order valence-corrected chi connectivity index (χ2v) is 4.41. The van der Waals surface area contributed by atoms with Crippen molar-refractivity contribution in [2.45, 2.75) is 12.5 Å². The van der Waals surface area contributed by atoms with E-state index in [2.05, 4.69) is 5.32 Å². The van der Waals surface area contributed by atoms with Crippen LogP contribution < -0.4 is 11.1 Å². The number of nitrogens with two attached hydrogens (primary N) is 1. The lowest BCUT2D eigenvalue weighted by molar-refractivity contribution is -0.140. The number of primary amides is 1. The summed E-state index contributed by atoms with van der Waals surface area (Å²) < 4.78 is 0. The zero-order valence-corrected chi connectivity index (χ0v) is 10.6. The van der Waals surface area contributed by atoms with Crippen LogP contribution in [-0.2, 0) is 9.59 Å². The molecule has 7 nitrogen and oxygen atoms in total. The van der Waals surface area contributed by atoms with Gasteiger partial charge in [0.15, 0.2) is 0 Å². The molecule has 0 unspecified atom stereocenters. The number of carboxylic acid groups (broad SMARTS) is 1. The number of amides is 3. The van der Waals surface area contributed by atoms with Crippen LogP contribution in [0.5, 0.6) is 0 Å². The van der Waals surface area contributed by atoms with Gasteiger partial charge in [0.1, 0.15) is 6.04 Å². The molecule has 98 valence electrons. The molecule has 0 rings (SSSR count). The van der Waals surface area contributed by atoms with Crippen LogP contribution in [0.2, 0.25) is 0 Å². The van der Waals surface area contributed by atoms with E-state index in [0.717, 1.165) is 5.75 Å². The van der Waals surface area contributed by atoms with Gasteiger partial charge in [-0.2, -0.15) is 11.8 Å². The van der Waals surface area contributed by atoms with Gasteiger partial charge in [-0.25, -0.2) is 9.59 Å². The summed E-state index contributed by atoms with van der Waals surface area (Å²) in [4.78, 5) is 34.3. The summed E-state index contributed by atoms with van der Waals surface area (Å²) in [6.45, 7) is 0.496. The number of hydrogen-bond donors (Lipinski definition) is 3. The van der Waals surface area contributed by atoms with Gasteiger partial charge in [-0.1, -0.05) is 0 Å². The Bertz CT molecular complexity index is 298. The molecule has 0 aliphatic rings. The van der Waals surface area contributed by atoms with Gasteiger partial charge < -0.3 is 21.1 Å². The maximum Gasteiger partial charge on any atom is 0.326 e. The number of thioether (sulfide) groups is 1. The van der Waals surface area contributed by atoms with Crippen molar-refractivity contribution >= 4 is 29.7 Å². The third-order valence-electron chi connectivity index (χ3n) is 1.98. The molecule has 0 aliphatic heterocycles. The van der Waals surface area contributed by atoms with Crippen molar-refractivity contribution in [1.29, 1.82) is 0 Å². The highest BCUT2D eigenvalue weighted by atomic mass is 32.2. The highest BCUT2D eigenvalue weighted by Gasteiger charge is 2.23. The van der Waals surface area contributed by atoms with Crippen LogP contribution in [-0.4, -0.2) is 59.6 Å². The summed E-state index contributed by atoms with van der Waals surface area (Å²) in [7, 11) is 1.55. The largest absolute Gasteiger partial charge is 0.480 e. The number of carbonyl (C=O) groups is 3. The number of hydrogen-bond acceptors (Lipinski definition) is 4. The molecule has 0 aromatic carbocycles. The van der Waals surface area contributed by atoms with Gasteiger partial charge in [0.05, 0.1) is 6.42 Å². The molecule has 1 atom stereocenters. The number of carbonyl (C=O) groups excluding carboxylic acids is 2. The van der Waals surface area contributed by atoms with Crippen LogP contribution in [0.4, 0.5) is 4.79 Å². The standard InChI is InChI=1S/C9H17N3O4S/c1-12(3-4-17-2)9(16)11-6(8(14)15)5-7(10)13/h6H,3-5H2,1-2H3,(H2,10,13)(H,11,16)(H,14,15)/t6-/m0/s1. The Balaban J connectivity index is 4.29. The summed E-state index contributed by atoms with van der Waals surface area (Å²) in [5.41, 5.74) is 4.89. The Kier molecular flexibility index (Phi) is 7.11. The number of rotatable bonds is 7. The van der Waals surface area contributed by atoms with Gasteiger partial charge >= 0.3 is 12.0 Å². The number of aliphatic carboxylic acids is 1. The third-order valence-corrected chi connectivity index (χ3v) is 2.57. The third kappa shape index (κ3) is 6.67. The molecule has 0 radical (unpaired) electrons. The minimum atomic E-state index is -1.28. The van der Waals surface area contributed by atoms with E-state index < -0.39 is 30.4 Å². The molecule has 17 heavy (non-hydrogen) atoms. The predicted molar refractivity (Wildman–Crippen MR) is 64.8 cm³/mol. The van der Waals surface area contributed by atoms with E-state index in [-0.39, 0.29) is 0 Å². The lowest BCUT2D eigenvalue weighted by atomic mass is 10.2. The molecule has 0 aromatic rings. The van der Waals surface area contributed by atoms with Crippen molar-refractivity contribution in [1.82, 2.24) is 10.2 Å². The summed E-state index contributed by atoms with van der Waals surface area (Å²) in [5.74, 6) is -1.31. The maximum atomic E-state index is 11.5. The van der Waals surface area contributed by atoms with E-state index in [1.807, 2.05) is 6.26 Å². The van der Waals surface area contributed by atoms with Crippen molar-refractivity contribution in [3.05, 3.63) is 0 Å². The van der Waals surface area contributed by atoms with Crippen LogP contribution in [0, 0.1) is 0 Å². The van der Waals surface area contributed by atoms with Crippen molar-refractivity contribution in [2.24, 2.45) is 5.73 Å². The number of urea groups is 1. The Hall–Kier alpha value is -1.44. The van der Waals surface area contributed by atoms with Crippen molar-refractivity contribution in [3.63, 3.8) is 0 Å². The van der Waals surface area contributed by atoms with Crippen LogP contribution >= 0.6 is 11.8 Å². The van der Waals surface area contributed by atoms with Gasteiger partial charge in [-0.3, -0.25) is 4.79 Å². The SMILES string of the molecule is CSCCN(C)C(=O)N[C@@H](CC(N)=O)C(=O)O. The van der Waals surface area contributed by atoms with E-state index in [0.29, 0.717) is 6.54 Å². The molecule has 0 heterocycles. The van der Waals surface area contributed by atoms with E-state index in [4.69, 9.17) is 10.8 Å². The fourth-order valence-electron chi connectivity index (χ4n) is 0.990. The molecule has 0 bridgehead atoms. The Morgan fingerprint density at radius 3 is 2.47 bits per heavy atom. The molecule has 0 fully saturated rings. The highest BCUT2D eigenvalue weighted by Crippen LogP contribution is 1.97. The molecule has 0 aromatic heterocycles.